The van der Waals surface area contributed by atoms with Gasteiger partial charge in [0.15, 0.2) is 21.4 Å². The first-order valence-corrected chi connectivity index (χ1v) is 9.05. The standard InChI is InChI=1S/C14H11Cl2NO4S/c1-22(19,20)11-6-8(15)2-3-9(11)12(18)10-7-17-21-13(10)14(16)4-5-14/h2-3,6-7H,4-5H2,1H3. The smallest absolute Gasteiger partial charge is 0.199 e. The fourth-order valence-electron chi connectivity index (χ4n) is 2.20. The highest BCUT2D eigenvalue weighted by molar-refractivity contribution is 7.90. The Morgan fingerprint density at radius 1 is 1.32 bits per heavy atom. The molecule has 0 unspecified atom stereocenters. The van der Waals surface area contributed by atoms with Gasteiger partial charge in [-0.15, -0.1) is 11.6 Å². The minimum atomic E-state index is -3.61. The van der Waals surface area contributed by atoms with Crippen molar-refractivity contribution in [1.82, 2.24) is 5.16 Å². The zero-order valence-electron chi connectivity index (χ0n) is 11.5. The number of halogens is 2. The minimum absolute atomic E-state index is 0.0252. The molecule has 0 N–H and O–H groups in total. The van der Waals surface area contributed by atoms with Gasteiger partial charge in [-0.25, -0.2) is 8.42 Å². The summed E-state index contributed by atoms with van der Waals surface area (Å²) in [5.41, 5.74) is 0.206. The number of carbonyl (C=O) groups is 1. The molecule has 0 saturated heterocycles. The highest BCUT2D eigenvalue weighted by Gasteiger charge is 2.48. The number of hydrogen-bond donors (Lipinski definition) is 0. The molecule has 22 heavy (non-hydrogen) atoms. The van der Waals surface area contributed by atoms with Crippen molar-refractivity contribution in [2.75, 3.05) is 6.26 Å². The summed E-state index contributed by atoms with van der Waals surface area (Å²) >= 11 is 12.1. The topological polar surface area (TPSA) is 77.2 Å². The lowest BCUT2D eigenvalue weighted by Crippen LogP contribution is -2.12. The molecule has 1 heterocycles. The van der Waals surface area contributed by atoms with E-state index in [1.807, 2.05) is 0 Å². The van der Waals surface area contributed by atoms with Crippen LogP contribution in [0.4, 0.5) is 0 Å². The van der Waals surface area contributed by atoms with Crippen molar-refractivity contribution < 1.29 is 17.7 Å². The molecule has 0 amide bonds. The highest BCUT2D eigenvalue weighted by atomic mass is 35.5. The molecule has 1 fully saturated rings. The molecule has 116 valence electrons. The SMILES string of the molecule is CS(=O)(=O)c1cc(Cl)ccc1C(=O)c1cnoc1C1(Cl)CC1. The van der Waals surface area contributed by atoms with Crippen molar-refractivity contribution in [2.24, 2.45) is 0 Å². The van der Waals surface area contributed by atoms with Gasteiger partial charge in [0.2, 0.25) is 0 Å². The molecule has 3 rings (SSSR count). The third kappa shape index (κ3) is 2.66. The van der Waals surface area contributed by atoms with Crippen molar-refractivity contribution in [3.63, 3.8) is 0 Å². The maximum absolute atomic E-state index is 12.7. The van der Waals surface area contributed by atoms with E-state index in [4.69, 9.17) is 27.7 Å². The van der Waals surface area contributed by atoms with E-state index in [9.17, 15) is 13.2 Å². The second-order valence-electron chi connectivity index (χ2n) is 5.28. The molecule has 2 aromatic rings. The van der Waals surface area contributed by atoms with Crippen LogP contribution in [0, 0.1) is 0 Å². The highest BCUT2D eigenvalue weighted by Crippen LogP contribution is 2.53. The van der Waals surface area contributed by atoms with Gasteiger partial charge in [0, 0.05) is 16.8 Å². The molecule has 0 radical (unpaired) electrons. The number of hydrogen-bond acceptors (Lipinski definition) is 5. The van der Waals surface area contributed by atoms with Crippen LogP contribution in [0.3, 0.4) is 0 Å². The zero-order valence-corrected chi connectivity index (χ0v) is 13.8. The number of alkyl halides is 1. The van der Waals surface area contributed by atoms with Gasteiger partial charge in [-0.05, 0) is 31.0 Å². The third-order valence-electron chi connectivity index (χ3n) is 3.50. The van der Waals surface area contributed by atoms with Gasteiger partial charge in [-0.1, -0.05) is 16.8 Å². The molecule has 1 aliphatic rings. The van der Waals surface area contributed by atoms with Crippen molar-refractivity contribution in [3.05, 3.63) is 46.3 Å². The lowest BCUT2D eigenvalue weighted by atomic mass is 10.0. The first-order chi connectivity index (χ1) is 10.2. The number of sulfone groups is 1. The Balaban J connectivity index is 2.13. The van der Waals surface area contributed by atoms with Gasteiger partial charge in [0.25, 0.3) is 0 Å². The summed E-state index contributed by atoms with van der Waals surface area (Å²) in [6.07, 6.45) is 3.65. The first-order valence-electron chi connectivity index (χ1n) is 6.41. The number of carbonyl (C=O) groups excluding carboxylic acids is 1. The van der Waals surface area contributed by atoms with Crippen LogP contribution < -0.4 is 0 Å². The normalized spacial score (nSPS) is 16.5. The zero-order chi connectivity index (χ0) is 16.1. The number of aromatic nitrogens is 1. The molecular formula is C14H11Cl2NO4S. The van der Waals surface area contributed by atoms with Crippen LogP contribution >= 0.6 is 23.2 Å². The Bertz CT molecular complexity index is 869. The van der Waals surface area contributed by atoms with Crippen molar-refractivity contribution >= 4 is 38.8 Å². The predicted molar refractivity (Wildman–Crippen MR) is 81.3 cm³/mol. The van der Waals surface area contributed by atoms with Crippen LogP contribution in [0.25, 0.3) is 0 Å². The van der Waals surface area contributed by atoms with E-state index < -0.39 is 20.5 Å². The van der Waals surface area contributed by atoms with E-state index >= 15 is 0 Å². The summed E-state index contributed by atoms with van der Waals surface area (Å²) in [5, 5.41) is 3.86. The molecule has 0 bridgehead atoms. The van der Waals surface area contributed by atoms with Crippen LogP contribution in [0.1, 0.15) is 34.5 Å². The lowest BCUT2D eigenvalue weighted by molar-refractivity contribution is 0.103. The van der Waals surface area contributed by atoms with Gasteiger partial charge in [-0.3, -0.25) is 4.79 Å². The summed E-state index contributed by atoms with van der Waals surface area (Å²) in [4.78, 5) is 11.9. The van der Waals surface area contributed by atoms with Crippen LogP contribution in [0.15, 0.2) is 33.8 Å². The number of rotatable bonds is 4. The summed E-state index contributed by atoms with van der Waals surface area (Å²) in [5.74, 6) is -0.214. The quantitative estimate of drug-likeness (QED) is 0.618. The first kappa shape index (κ1) is 15.5. The van der Waals surface area contributed by atoms with Crippen LogP contribution in [-0.2, 0) is 14.7 Å². The molecule has 0 aliphatic heterocycles. The second-order valence-corrected chi connectivity index (χ2v) is 8.42. The Labute approximate surface area is 137 Å². The second kappa shape index (κ2) is 5.08. The van der Waals surface area contributed by atoms with Gasteiger partial charge >= 0.3 is 0 Å². The van der Waals surface area contributed by atoms with E-state index in [0.29, 0.717) is 12.8 Å². The molecule has 1 aliphatic carbocycles. The number of ketones is 1. The van der Waals surface area contributed by atoms with Crippen LogP contribution in [0.5, 0.6) is 0 Å². The molecule has 0 spiro atoms. The average molecular weight is 360 g/mol. The fraction of sp³-hybridized carbons (Fsp3) is 0.286. The summed E-state index contributed by atoms with van der Waals surface area (Å²) in [7, 11) is -3.61. The van der Waals surface area contributed by atoms with Crippen LogP contribution in [-0.4, -0.2) is 25.6 Å². The Kier molecular flexibility index (Phi) is 3.58. The molecule has 1 saturated carbocycles. The Morgan fingerprint density at radius 3 is 2.59 bits per heavy atom. The number of nitrogens with zero attached hydrogens (tertiary/aromatic N) is 1. The molecule has 8 heteroatoms. The number of benzene rings is 1. The lowest BCUT2D eigenvalue weighted by Gasteiger charge is -2.08. The maximum atomic E-state index is 12.7. The maximum Gasteiger partial charge on any atom is 0.199 e. The monoisotopic (exact) mass is 359 g/mol. The van der Waals surface area contributed by atoms with Gasteiger partial charge in [0.1, 0.15) is 4.87 Å². The Morgan fingerprint density at radius 2 is 2.00 bits per heavy atom. The van der Waals surface area contributed by atoms with Crippen molar-refractivity contribution in [3.8, 4) is 0 Å². The largest absolute Gasteiger partial charge is 0.359 e. The molecular weight excluding hydrogens is 349 g/mol. The Hall–Kier alpha value is -1.37. The summed E-state index contributed by atoms with van der Waals surface area (Å²) < 4.78 is 28.9. The van der Waals surface area contributed by atoms with E-state index in [2.05, 4.69) is 5.16 Å². The van der Waals surface area contributed by atoms with Crippen molar-refractivity contribution in [2.45, 2.75) is 22.6 Å². The molecule has 0 atom stereocenters. The fourth-order valence-corrected chi connectivity index (χ4v) is 3.57. The van der Waals surface area contributed by atoms with E-state index in [1.165, 1.54) is 24.4 Å². The van der Waals surface area contributed by atoms with E-state index in [0.717, 1.165) is 6.26 Å². The van der Waals surface area contributed by atoms with Gasteiger partial charge in [-0.2, -0.15) is 0 Å². The average Bonchev–Trinajstić information content (AvgIpc) is 3.00. The summed E-state index contributed by atoms with van der Waals surface area (Å²) in [6, 6.07) is 4.10. The molecule has 1 aromatic carbocycles. The van der Waals surface area contributed by atoms with Crippen molar-refractivity contribution in [1.29, 1.82) is 0 Å². The van der Waals surface area contributed by atoms with Crippen LogP contribution in [0.2, 0.25) is 5.02 Å². The summed E-state index contributed by atoms with van der Waals surface area (Å²) in [6.45, 7) is 0. The molecule has 5 nitrogen and oxygen atoms in total. The minimum Gasteiger partial charge on any atom is -0.359 e. The van der Waals surface area contributed by atoms with E-state index in [-0.39, 0.29) is 26.8 Å². The van der Waals surface area contributed by atoms with E-state index in [1.54, 1.807) is 0 Å². The van der Waals surface area contributed by atoms with Gasteiger partial charge < -0.3 is 4.52 Å². The molecule has 1 aromatic heterocycles. The van der Waals surface area contributed by atoms with Gasteiger partial charge in [0.05, 0.1) is 16.7 Å². The predicted octanol–water partition coefficient (Wildman–Crippen LogP) is 3.19. The third-order valence-corrected chi connectivity index (χ3v) is 5.42.